The second kappa shape index (κ2) is 6.37. The number of rotatable bonds is 4. The van der Waals surface area contributed by atoms with Gasteiger partial charge < -0.3 is 5.32 Å². The van der Waals surface area contributed by atoms with Crippen molar-refractivity contribution in [1.82, 2.24) is 14.5 Å². The van der Waals surface area contributed by atoms with Gasteiger partial charge >= 0.3 is 0 Å². The maximum Gasteiger partial charge on any atom is 0.272 e. The highest BCUT2D eigenvalue weighted by molar-refractivity contribution is 7.91. The van der Waals surface area contributed by atoms with Crippen molar-refractivity contribution in [1.29, 1.82) is 0 Å². The first-order valence-corrected chi connectivity index (χ1v) is 9.21. The predicted molar refractivity (Wildman–Crippen MR) is 80.5 cm³/mol. The normalized spacial score (nSPS) is 18.1. The number of sulfonamides is 1. The van der Waals surface area contributed by atoms with Crippen molar-refractivity contribution in [2.75, 3.05) is 18.4 Å². The van der Waals surface area contributed by atoms with Gasteiger partial charge in [-0.1, -0.05) is 32.1 Å². The van der Waals surface area contributed by atoms with Gasteiger partial charge in [0.2, 0.25) is 15.4 Å². The second-order valence-electron chi connectivity index (χ2n) is 5.60. The van der Waals surface area contributed by atoms with Gasteiger partial charge in [0.05, 0.1) is 0 Å². The van der Waals surface area contributed by atoms with Gasteiger partial charge in [-0.3, -0.25) is 4.79 Å². The molecule has 1 aromatic heterocycles. The molecule has 0 aromatic carbocycles. The fraction of sp³-hybridized carbons (Fsp3) is 0.750. The predicted octanol–water partition coefficient (Wildman–Crippen LogP) is 1.55. The molecule has 0 spiro atoms. The zero-order valence-corrected chi connectivity index (χ0v) is 14.0. The van der Waals surface area contributed by atoms with Crippen LogP contribution in [-0.2, 0) is 14.8 Å². The summed E-state index contributed by atoms with van der Waals surface area (Å²) in [6.07, 6.45) is 1.71. The smallest absolute Gasteiger partial charge is 0.272 e. The Bertz CT molecular complexity index is 604. The maximum atomic E-state index is 12.4. The third kappa shape index (κ3) is 3.78. The summed E-state index contributed by atoms with van der Waals surface area (Å²) in [4.78, 5) is 11.6. The molecule has 2 rings (SSSR count). The Balaban J connectivity index is 2.11. The topological polar surface area (TPSA) is 92.3 Å². The van der Waals surface area contributed by atoms with Crippen molar-refractivity contribution in [3.05, 3.63) is 0 Å². The van der Waals surface area contributed by atoms with Crippen molar-refractivity contribution in [3.63, 3.8) is 0 Å². The molecule has 1 aromatic rings. The summed E-state index contributed by atoms with van der Waals surface area (Å²) < 4.78 is 26.3. The van der Waals surface area contributed by atoms with E-state index in [2.05, 4.69) is 22.4 Å². The standard InChI is InChI=1S/C12H20N4O3S2/c1-8(2)10(17)13-11-14-15-12(20-11)21(18,19)16-6-4-9(3)5-7-16/h8-9H,4-7H2,1-3H3,(H,13,14,17). The van der Waals surface area contributed by atoms with Crippen molar-refractivity contribution >= 4 is 32.4 Å². The highest BCUT2D eigenvalue weighted by atomic mass is 32.2. The Morgan fingerprint density at radius 3 is 2.52 bits per heavy atom. The molecule has 1 aliphatic rings. The molecule has 0 saturated carbocycles. The summed E-state index contributed by atoms with van der Waals surface area (Å²) in [5.41, 5.74) is 0. The number of amides is 1. The average molecular weight is 332 g/mol. The number of nitrogens with zero attached hydrogens (tertiary/aromatic N) is 3. The number of nitrogens with one attached hydrogen (secondary N) is 1. The summed E-state index contributed by atoms with van der Waals surface area (Å²) in [6.45, 7) is 6.65. The number of carbonyl (C=O) groups excluding carboxylic acids is 1. The van der Waals surface area contributed by atoms with Crippen LogP contribution in [0.25, 0.3) is 0 Å². The monoisotopic (exact) mass is 332 g/mol. The maximum absolute atomic E-state index is 12.4. The Hall–Kier alpha value is -1.06. The molecule has 2 heterocycles. The molecule has 1 saturated heterocycles. The molecule has 1 N–H and O–H groups in total. The van der Waals surface area contributed by atoms with Crippen molar-refractivity contribution in [3.8, 4) is 0 Å². The minimum absolute atomic E-state index is 0.0592. The molecular weight excluding hydrogens is 312 g/mol. The third-order valence-corrected chi connectivity index (χ3v) is 6.55. The van der Waals surface area contributed by atoms with Crippen LogP contribution in [0.1, 0.15) is 33.6 Å². The fourth-order valence-corrected chi connectivity index (χ4v) is 4.46. The zero-order chi connectivity index (χ0) is 15.6. The van der Waals surface area contributed by atoms with E-state index in [0.29, 0.717) is 19.0 Å². The van der Waals surface area contributed by atoms with Gasteiger partial charge in [-0.25, -0.2) is 8.42 Å². The van der Waals surface area contributed by atoms with Gasteiger partial charge in [0, 0.05) is 19.0 Å². The van der Waals surface area contributed by atoms with E-state index >= 15 is 0 Å². The molecule has 0 atom stereocenters. The molecule has 1 fully saturated rings. The quantitative estimate of drug-likeness (QED) is 0.845. The van der Waals surface area contributed by atoms with Crippen LogP contribution in [0.2, 0.25) is 0 Å². The van der Waals surface area contributed by atoms with Crippen LogP contribution < -0.4 is 5.32 Å². The summed E-state index contributed by atoms with van der Waals surface area (Å²) in [5.74, 6) is 0.145. The Morgan fingerprint density at radius 2 is 1.95 bits per heavy atom. The first kappa shape index (κ1) is 16.3. The van der Waals surface area contributed by atoms with E-state index in [-0.39, 0.29) is 21.3 Å². The molecule has 118 valence electrons. The van der Waals surface area contributed by atoms with Crippen molar-refractivity contribution < 1.29 is 13.2 Å². The van der Waals surface area contributed by atoms with Gasteiger partial charge in [0.1, 0.15) is 0 Å². The summed E-state index contributed by atoms with van der Waals surface area (Å²) in [5, 5.41) is 10.3. The highest BCUT2D eigenvalue weighted by Crippen LogP contribution is 2.27. The van der Waals surface area contributed by atoms with Crippen molar-refractivity contribution in [2.24, 2.45) is 11.8 Å². The third-order valence-electron chi connectivity index (χ3n) is 3.46. The largest absolute Gasteiger partial charge is 0.300 e. The second-order valence-corrected chi connectivity index (χ2v) is 8.69. The van der Waals surface area contributed by atoms with E-state index in [0.717, 1.165) is 24.2 Å². The first-order valence-electron chi connectivity index (χ1n) is 6.95. The van der Waals surface area contributed by atoms with Crippen LogP contribution in [0, 0.1) is 11.8 Å². The van der Waals surface area contributed by atoms with Gasteiger partial charge in [-0.15, -0.1) is 10.2 Å². The van der Waals surface area contributed by atoms with Crippen molar-refractivity contribution in [2.45, 2.75) is 38.0 Å². The molecule has 0 radical (unpaired) electrons. The van der Waals surface area contributed by atoms with Crippen LogP contribution in [0.4, 0.5) is 5.13 Å². The SMILES string of the molecule is CC1CCN(S(=O)(=O)c2nnc(NC(=O)C(C)C)s2)CC1. The van der Waals surface area contributed by atoms with E-state index < -0.39 is 10.0 Å². The Kier molecular flexibility index (Phi) is 4.95. The number of anilines is 1. The minimum atomic E-state index is -3.59. The van der Waals surface area contributed by atoms with Crippen LogP contribution in [0.5, 0.6) is 0 Å². The van der Waals surface area contributed by atoms with E-state index in [4.69, 9.17) is 0 Å². The van der Waals surface area contributed by atoms with E-state index in [1.54, 1.807) is 13.8 Å². The molecule has 9 heteroatoms. The first-order chi connectivity index (χ1) is 9.80. The van der Waals surface area contributed by atoms with Crippen LogP contribution in [-0.4, -0.2) is 41.9 Å². The average Bonchev–Trinajstić information content (AvgIpc) is 2.88. The number of aromatic nitrogens is 2. The van der Waals surface area contributed by atoms with Gasteiger partial charge in [0.25, 0.3) is 10.0 Å². The molecule has 1 amide bonds. The highest BCUT2D eigenvalue weighted by Gasteiger charge is 2.31. The number of hydrogen-bond donors (Lipinski definition) is 1. The van der Waals surface area contributed by atoms with Crippen LogP contribution in [0.3, 0.4) is 0 Å². The number of carbonyl (C=O) groups is 1. The lowest BCUT2D eigenvalue weighted by atomic mass is 10.0. The van der Waals surface area contributed by atoms with E-state index in [9.17, 15) is 13.2 Å². The zero-order valence-electron chi connectivity index (χ0n) is 12.4. The van der Waals surface area contributed by atoms with E-state index in [1.807, 2.05) is 0 Å². The van der Waals surface area contributed by atoms with Gasteiger partial charge in [0.15, 0.2) is 0 Å². The molecule has 0 unspecified atom stereocenters. The molecule has 7 nitrogen and oxygen atoms in total. The molecule has 0 aliphatic carbocycles. The van der Waals surface area contributed by atoms with Crippen LogP contribution in [0.15, 0.2) is 4.34 Å². The molecular formula is C12H20N4O3S2. The lowest BCUT2D eigenvalue weighted by molar-refractivity contribution is -0.118. The van der Waals surface area contributed by atoms with Gasteiger partial charge in [-0.05, 0) is 18.8 Å². The summed E-state index contributed by atoms with van der Waals surface area (Å²) >= 11 is 0.896. The summed E-state index contributed by atoms with van der Waals surface area (Å²) in [6, 6.07) is 0. The fourth-order valence-electron chi connectivity index (χ4n) is 1.95. The minimum Gasteiger partial charge on any atom is -0.300 e. The molecule has 21 heavy (non-hydrogen) atoms. The lowest BCUT2D eigenvalue weighted by Crippen LogP contribution is -2.37. The van der Waals surface area contributed by atoms with E-state index in [1.165, 1.54) is 4.31 Å². The van der Waals surface area contributed by atoms with Crippen LogP contribution >= 0.6 is 11.3 Å². The number of hydrogen-bond acceptors (Lipinski definition) is 6. The Labute approximate surface area is 128 Å². The number of piperidine rings is 1. The molecule has 1 aliphatic heterocycles. The molecule has 0 bridgehead atoms. The summed E-state index contributed by atoms with van der Waals surface area (Å²) in [7, 11) is -3.59. The Morgan fingerprint density at radius 1 is 1.33 bits per heavy atom. The van der Waals surface area contributed by atoms with Gasteiger partial charge in [-0.2, -0.15) is 4.31 Å². The lowest BCUT2D eigenvalue weighted by Gasteiger charge is -2.28.